The second-order valence-electron chi connectivity index (χ2n) is 8.08. The molecule has 0 unspecified atom stereocenters. The fraction of sp³-hybridized carbons (Fsp3) is 0.350. The molecular formula is C20H20N2O8. The van der Waals surface area contributed by atoms with Crippen molar-refractivity contribution >= 4 is 23.2 Å². The van der Waals surface area contributed by atoms with E-state index in [0.717, 1.165) is 0 Å². The quantitative estimate of drug-likeness (QED) is 0.281. The summed E-state index contributed by atoms with van der Waals surface area (Å²) in [7, 11) is 0. The van der Waals surface area contributed by atoms with E-state index < -0.39 is 75.0 Å². The number of aliphatic hydroxyl groups is 4. The molecule has 30 heavy (non-hydrogen) atoms. The largest absolute Gasteiger partial charge is 0.508 e. The summed E-state index contributed by atoms with van der Waals surface area (Å²) >= 11 is 0. The maximum Gasteiger partial charge on any atom is 0.255 e. The van der Waals surface area contributed by atoms with Gasteiger partial charge in [0.05, 0.1) is 17.2 Å². The van der Waals surface area contributed by atoms with Gasteiger partial charge in [-0.25, -0.2) is 0 Å². The van der Waals surface area contributed by atoms with Crippen molar-refractivity contribution < 1.29 is 39.9 Å². The first kappa shape index (κ1) is 20.1. The monoisotopic (exact) mass is 416 g/mol. The van der Waals surface area contributed by atoms with Gasteiger partial charge in [-0.15, -0.1) is 0 Å². The van der Waals surface area contributed by atoms with Crippen LogP contribution in [-0.4, -0.2) is 54.6 Å². The van der Waals surface area contributed by atoms with Crippen LogP contribution in [0, 0.1) is 11.8 Å². The standard InChI is InChI=1S/C20H20N2O8/c1-19(29)6-3-2-4-9(23)10(6)14(24)11-7(19)5-8-13(21)15(25)12(18(22)28)17(27)20(8,30)16(11)26/h2-4,7-8,13,23-24,27,29-30H,5,21H2,1H3,(H2,22,28)/t7-,8-,13+,19+,20-/m0/s1. The molecule has 0 spiro atoms. The summed E-state index contributed by atoms with van der Waals surface area (Å²) in [5.74, 6) is -8.49. The van der Waals surface area contributed by atoms with Gasteiger partial charge < -0.3 is 37.0 Å². The summed E-state index contributed by atoms with van der Waals surface area (Å²) in [6.07, 6.45) is -0.285. The number of rotatable bonds is 1. The predicted molar refractivity (Wildman–Crippen MR) is 101 cm³/mol. The highest BCUT2D eigenvalue weighted by Crippen LogP contribution is 2.56. The zero-order valence-corrected chi connectivity index (χ0v) is 15.8. The number of primary amides is 1. The van der Waals surface area contributed by atoms with Crippen LogP contribution < -0.4 is 11.5 Å². The van der Waals surface area contributed by atoms with Gasteiger partial charge in [-0.2, -0.15) is 0 Å². The summed E-state index contributed by atoms with van der Waals surface area (Å²) in [5, 5.41) is 54.0. The lowest BCUT2D eigenvalue weighted by molar-refractivity contribution is -0.154. The second kappa shape index (κ2) is 5.91. The molecule has 9 N–H and O–H groups in total. The highest BCUT2D eigenvalue weighted by Gasteiger charge is 2.65. The predicted octanol–water partition coefficient (Wildman–Crippen LogP) is -0.974. The summed E-state index contributed by atoms with van der Waals surface area (Å²) in [5.41, 5.74) is 4.95. The maximum atomic E-state index is 13.4. The first-order valence-electron chi connectivity index (χ1n) is 9.15. The SMILES string of the molecule is C[C@@]1(O)c2cccc(O)c2C(O)=C2C(=O)[C@]3(O)C(O)=C(C(N)=O)C(=O)[C@H](N)[C@@H]3C[C@@H]21. The number of aliphatic hydroxyl groups excluding tert-OH is 2. The van der Waals surface area contributed by atoms with E-state index in [1.165, 1.54) is 25.1 Å². The summed E-state index contributed by atoms with van der Waals surface area (Å²) < 4.78 is 0. The number of carbonyl (C=O) groups excluding carboxylic acids is 3. The molecule has 1 fully saturated rings. The minimum absolute atomic E-state index is 0.139. The topological polar surface area (TPSA) is 204 Å². The zero-order chi connectivity index (χ0) is 22.3. The Kier molecular flexibility index (Phi) is 3.95. The van der Waals surface area contributed by atoms with Crippen LogP contribution in [0.1, 0.15) is 24.5 Å². The molecule has 0 bridgehead atoms. The van der Waals surface area contributed by atoms with Crippen LogP contribution in [0.5, 0.6) is 5.75 Å². The van der Waals surface area contributed by atoms with Gasteiger partial charge in [0.15, 0.2) is 11.4 Å². The molecule has 0 saturated heterocycles. The zero-order valence-electron chi connectivity index (χ0n) is 15.8. The smallest absolute Gasteiger partial charge is 0.255 e. The first-order valence-corrected chi connectivity index (χ1v) is 9.15. The van der Waals surface area contributed by atoms with Gasteiger partial charge in [-0.1, -0.05) is 12.1 Å². The Labute approximate surface area is 169 Å². The van der Waals surface area contributed by atoms with Crippen molar-refractivity contribution in [2.24, 2.45) is 23.3 Å². The molecule has 3 aliphatic rings. The molecule has 0 aliphatic heterocycles. The molecular weight excluding hydrogens is 396 g/mol. The van der Waals surface area contributed by atoms with Crippen LogP contribution in [0.15, 0.2) is 35.1 Å². The number of nitrogens with two attached hydrogens (primary N) is 2. The molecule has 1 aromatic carbocycles. The average Bonchev–Trinajstić information content (AvgIpc) is 2.66. The Balaban J connectivity index is 2.04. The molecule has 10 nitrogen and oxygen atoms in total. The summed E-state index contributed by atoms with van der Waals surface area (Å²) in [6.45, 7) is 1.36. The molecule has 3 aliphatic carbocycles. The van der Waals surface area contributed by atoms with Crippen LogP contribution in [0.25, 0.3) is 5.76 Å². The number of hydrogen-bond donors (Lipinski definition) is 7. The lowest BCUT2D eigenvalue weighted by Gasteiger charge is -2.51. The third-order valence-electron chi connectivity index (χ3n) is 6.55. The van der Waals surface area contributed by atoms with Crippen molar-refractivity contribution in [3.63, 3.8) is 0 Å². The number of aromatic hydroxyl groups is 1. The van der Waals surface area contributed by atoms with Crippen molar-refractivity contribution in [3.8, 4) is 5.75 Å². The number of benzene rings is 1. The number of Topliss-reactive ketones (excluding diaryl/α,β-unsaturated/α-hetero) is 2. The van der Waals surface area contributed by atoms with Gasteiger partial charge in [-0.3, -0.25) is 14.4 Å². The van der Waals surface area contributed by atoms with E-state index >= 15 is 0 Å². The van der Waals surface area contributed by atoms with E-state index in [2.05, 4.69) is 0 Å². The van der Waals surface area contributed by atoms with Gasteiger partial charge >= 0.3 is 0 Å². The van der Waals surface area contributed by atoms with Crippen LogP contribution in [-0.2, 0) is 20.0 Å². The number of hydrogen-bond acceptors (Lipinski definition) is 9. The lowest BCUT2D eigenvalue weighted by atomic mass is 9.55. The van der Waals surface area contributed by atoms with E-state index in [0.29, 0.717) is 0 Å². The van der Waals surface area contributed by atoms with E-state index in [9.17, 15) is 39.9 Å². The lowest BCUT2D eigenvalue weighted by Crippen LogP contribution is -2.66. The van der Waals surface area contributed by atoms with Crippen molar-refractivity contribution in [2.75, 3.05) is 0 Å². The number of fused-ring (bicyclic) bond motifs is 3. The van der Waals surface area contributed by atoms with Crippen molar-refractivity contribution in [1.29, 1.82) is 0 Å². The van der Waals surface area contributed by atoms with Crippen LogP contribution in [0.3, 0.4) is 0 Å². The molecule has 4 rings (SSSR count). The van der Waals surface area contributed by atoms with E-state index in [-0.39, 0.29) is 17.5 Å². The van der Waals surface area contributed by atoms with Crippen LogP contribution in [0.4, 0.5) is 0 Å². The van der Waals surface area contributed by atoms with Crippen LogP contribution >= 0.6 is 0 Å². The van der Waals surface area contributed by atoms with Gasteiger partial charge in [0.1, 0.15) is 22.8 Å². The van der Waals surface area contributed by atoms with E-state index in [4.69, 9.17) is 11.5 Å². The fourth-order valence-electron chi connectivity index (χ4n) is 4.97. The first-order chi connectivity index (χ1) is 13.9. The Bertz CT molecular complexity index is 1100. The van der Waals surface area contributed by atoms with Gasteiger partial charge in [0.25, 0.3) is 5.91 Å². The molecule has 0 heterocycles. The molecule has 1 amide bonds. The van der Waals surface area contributed by atoms with E-state index in [1.807, 2.05) is 0 Å². The maximum absolute atomic E-state index is 13.4. The summed E-state index contributed by atoms with van der Waals surface area (Å²) in [6, 6.07) is 2.59. The highest BCUT2D eigenvalue weighted by molar-refractivity contribution is 6.24. The van der Waals surface area contributed by atoms with Crippen LogP contribution in [0.2, 0.25) is 0 Å². The van der Waals surface area contributed by atoms with Crippen molar-refractivity contribution in [2.45, 2.75) is 30.6 Å². The molecule has 1 saturated carbocycles. The normalized spacial score (nSPS) is 35.7. The molecule has 1 aromatic rings. The molecule has 5 atom stereocenters. The van der Waals surface area contributed by atoms with Gasteiger partial charge in [0.2, 0.25) is 5.78 Å². The number of ketones is 2. The number of phenolic OH excluding ortho intramolecular Hbond substituents is 1. The molecule has 10 heteroatoms. The number of amides is 1. The minimum atomic E-state index is -2.81. The van der Waals surface area contributed by atoms with Gasteiger partial charge in [0, 0.05) is 17.4 Å². The number of carbonyl (C=O) groups is 3. The molecule has 0 aromatic heterocycles. The Morgan fingerprint density at radius 3 is 2.40 bits per heavy atom. The third kappa shape index (κ3) is 2.15. The second-order valence-corrected chi connectivity index (χ2v) is 8.08. The summed E-state index contributed by atoms with van der Waals surface area (Å²) in [4.78, 5) is 37.6. The Morgan fingerprint density at radius 1 is 1.17 bits per heavy atom. The number of phenols is 1. The van der Waals surface area contributed by atoms with Gasteiger partial charge in [-0.05, 0) is 25.0 Å². The van der Waals surface area contributed by atoms with E-state index in [1.54, 1.807) is 0 Å². The molecule has 158 valence electrons. The highest BCUT2D eigenvalue weighted by atomic mass is 16.3. The fourth-order valence-corrected chi connectivity index (χ4v) is 4.97. The van der Waals surface area contributed by atoms with Crippen molar-refractivity contribution in [3.05, 3.63) is 46.2 Å². The third-order valence-corrected chi connectivity index (χ3v) is 6.55. The minimum Gasteiger partial charge on any atom is -0.508 e. The van der Waals surface area contributed by atoms with Crippen molar-refractivity contribution in [1.82, 2.24) is 0 Å². The Morgan fingerprint density at radius 2 is 1.80 bits per heavy atom. The average molecular weight is 416 g/mol. The molecule has 0 radical (unpaired) electrons. The Hall–Kier alpha value is -3.21.